The summed E-state index contributed by atoms with van der Waals surface area (Å²) in [7, 11) is 0. The summed E-state index contributed by atoms with van der Waals surface area (Å²) in [6.07, 6.45) is 6.32. The number of amides is 1. The van der Waals surface area contributed by atoms with E-state index >= 15 is 0 Å². The van der Waals surface area contributed by atoms with Gasteiger partial charge in [0.15, 0.2) is 0 Å². The average molecular weight is 273 g/mol. The van der Waals surface area contributed by atoms with E-state index < -0.39 is 0 Å². The molecule has 0 aliphatic rings. The predicted molar refractivity (Wildman–Crippen MR) is 75.5 cm³/mol. The van der Waals surface area contributed by atoms with Crippen LogP contribution in [0, 0.1) is 0 Å². The van der Waals surface area contributed by atoms with E-state index in [4.69, 9.17) is 10.2 Å². The molecule has 102 valence electrons. The number of hydrogen-bond acceptors (Lipinski definition) is 3. The maximum Gasteiger partial charge on any atom is 0.244 e. The summed E-state index contributed by atoms with van der Waals surface area (Å²) in [5.41, 5.74) is 5.41. The first-order chi connectivity index (χ1) is 8.15. The molecule has 1 amide bonds. The molecule has 0 fully saturated rings. The number of rotatable bonds is 6. The Labute approximate surface area is 114 Å². The Hall–Kier alpha value is -1.26. The molecule has 0 radical (unpaired) electrons. The van der Waals surface area contributed by atoms with Crippen LogP contribution in [0.4, 0.5) is 0 Å². The summed E-state index contributed by atoms with van der Waals surface area (Å²) >= 11 is 0. The molecule has 18 heavy (non-hydrogen) atoms. The molecule has 0 spiro atoms. The van der Waals surface area contributed by atoms with E-state index in [9.17, 15) is 4.79 Å². The zero-order valence-electron chi connectivity index (χ0n) is 10.8. The first-order valence-electron chi connectivity index (χ1n) is 5.89. The lowest BCUT2D eigenvalue weighted by Crippen LogP contribution is -2.52. The minimum Gasteiger partial charge on any atom is -0.465 e. The van der Waals surface area contributed by atoms with E-state index in [1.54, 1.807) is 24.5 Å². The number of hydrogen-bond donors (Lipinski definition) is 2. The highest BCUT2D eigenvalue weighted by molar-refractivity contribution is 5.91. The second-order valence-electron chi connectivity index (χ2n) is 4.03. The molecule has 0 aliphatic carbocycles. The molecule has 1 aromatic heterocycles. The summed E-state index contributed by atoms with van der Waals surface area (Å²) in [4.78, 5) is 11.7. The van der Waals surface area contributed by atoms with Crippen molar-refractivity contribution in [3.8, 4) is 0 Å². The van der Waals surface area contributed by atoms with Crippen molar-refractivity contribution in [1.82, 2.24) is 5.32 Å². The number of nitrogens with one attached hydrogen (secondary N) is 1. The Kier molecular flexibility index (Phi) is 7.39. The van der Waals surface area contributed by atoms with Crippen molar-refractivity contribution in [2.24, 2.45) is 5.73 Å². The van der Waals surface area contributed by atoms with Crippen LogP contribution in [0.5, 0.6) is 0 Å². The van der Waals surface area contributed by atoms with Gasteiger partial charge in [0.2, 0.25) is 5.91 Å². The van der Waals surface area contributed by atoms with E-state index in [0.717, 1.165) is 12.8 Å². The van der Waals surface area contributed by atoms with Crippen molar-refractivity contribution in [2.75, 3.05) is 6.54 Å². The zero-order valence-corrected chi connectivity index (χ0v) is 11.6. The third-order valence-corrected chi connectivity index (χ3v) is 3.07. The van der Waals surface area contributed by atoms with Crippen molar-refractivity contribution in [3.05, 3.63) is 30.2 Å². The van der Waals surface area contributed by atoms with Gasteiger partial charge in [0.1, 0.15) is 5.76 Å². The lowest BCUT2D eigenvalue weighted by molar-refractivity contribution is -0.118. The van der Waals surface area contributed by atoms with Gasteiger partial charge in [-0.05, 0) is 31.1 Å². The van der Waals surface area contributed by atoms with Crippen molar-refractivity contribution >= 4 is 24.4 Å². The topological polar surface area (TPSA) is 68.3 Å². The molecule has 1 aromatic rings. The van der Waals surface area contributed by atoms with Gasteiger partial charge in [0.05, 0.1) is 11.8 Å². The van der Waals surface area contributed by atoms with Crippen molar-refractivity contribution in [3.63, 3.8) is 0 Å². The van der Waals surface area contributed by atoms with E-state index in [-0.39, 0.29) is 23.9 Å². The van der Waals surface area contributed by atoms with Crippen molar-refractivity contribution < 1.29 is 9.21 Å². The maximum atomic E-state index is 11.7. The summed E-state index contributed by atoms with van der Waals surface area (Å²) in [6, 6.07) is 3.57. The molecular formula is C13H21ClN2O2. The largest absolute Gasteiger partial charge is 0.465 e. The van der Waals surface area contributed by atoms with E-state index in [0.29, 0.717) is 12.3 Å². The molecule has 1 rings (SSSR count). The smallest absolute Gasteiger partial charge is 0.244 e. The first-order valence-corrected chi connectivity index (χ1v) is 5.89. The fraction of sp³-hybridized carbons (Fsp3) is 0.462. The van der Waals surface area contributed by atoms with E-state index in [1.807, 2.05) is 13.8 Å². The number of halogens is 1. The highest BCUT2D eigenvalue weighted by Crippen LogP contribution is 2.13. The van der Waals surface area contributed by atoms with Gasteiger partial charge >= 0.3 is 0 Å². The van der Waals surface area contributed by atoms with Gasteiger partial charge in [0, 0.05) is 12.6 Å². The third kappa shape index (κ3) is 4.55. The highest BCUT2D eigenvalue weighted by Gasteiger charge is 2.25. The van der Waals surface area contributed by atoms with Gasteiger partial charge < -0.3 is 15.5 Å². The molecule has 0 aliphatic heterocycles. The van der Waals surface area contributed by atoms with Gasteiger partial charge in [-0.1, -0.05) is 13.8 Å². The molecule has 3 N–H and O–H groups in total. The minimum absolute atomic E-state index is 0. The molecule has 0 aromatic carbocycles. The van der Waals surface area contributed by atoms with E-state index in [2.05, 4.69) is 5.32 Å². The van der Waals surface area contributed by atoms with Crippen LogP contribution >= 0.6 is 12.4 Å². The Morgan fingerprint density at radius 2 is 2.17 bits per heavy atom. The normalized spacial score (nSPS) is 11.3. The average Bonchev–Trinajstić information content (AvgIpc) is 2.87. The third-order valence-electron chi connectivity index (χ3n) is 3.07. The lowest BCUT2D eigenvalue weighted by atomic mass is 9.93. The summed E-state index contributed by atoms with van der Waals surface area (Å²) in [5.74, 6) is 0.516. The number of carbonyl (C=O) groups is 1. The molecule has 0 unspecified atom stereocenters. The number of furan rings is 1. The van der Waals surface area contributed by atoms with Crippen LogP contribution in [0.15, 0.2) is 28.9 Å². The fourth-order valence-electron chi connectivity index (χ4n) is 1.61. The van der Waals surface area contributed by atoms with Gasteiger partial charge in [-0.2, -0.15) is 0 Å². The second-order valence-corrected chi connectivity index (χ2v) is 4.03. The van der Waals surface area contributed by atoms with Crippen LogP contribution in [0.2, 0.25) is 0 Å². The fourth-order valence-corrected chi connectivity index (χ4v) is 1.61. The Balaban J connectivity index is 0.00000289. The molecule has 5 heteroatoms. The molecule has 1 heterocycles. The Morgan fingerprint density at radius 1 is 1.50 bits per heavy atom. The van der Waals surface area contributed by atoms with E-state index in [1.165, 1.54) is 6.08 Å². The monoisotopic (exact) mass is 272 g/mol. The quantitative estimate of drug-likeness (QED) is 0.781. The molecule has 0 bridgehead atoms. The van der Waals surface area contributed by atoms with Gasteiger partial charge in [-0.3, -0.25) is 4.79 Å². The molecule has 0 saturated heterocycles. The molecular weight excluding hydrogens is 252 g/mol. The van der Waals surface area contributed by atoms with Gasteiger partial charge in [0.25, 0.3) is 0 Å². The number of carbonyl (C=O) groups excluding carboxylic acids is 1. The number of nitrogens with two attached hydrogens (primary N) is 1. The van der Waals surface area contributed by atoms with Gasteiger partial charge in [-0.15, -0.1) is 12.4 Å². The molecule has 0 atom stereocenters. The summed E-state index contributed by atoms with van der Waals surface area (Å²) < 4.78 is 5.10. The van der Waals surface area contributed by atoms with Crippen LogP contribution in [-0.4, -0.2) is 18.0 Å². The predicted octanol–water partition coefficient (Wildman–Crippen LogP) is 2.35. The zero-order chi connectivity index (χ0) is 12.7. The van der Waals surface area contributed by atoms with Crippen LogP contribution in [-0.2, 0) is 4.79 Å². The second kappa shape index (κ2) is 7.95. The maximum absolute atomic E-state index is 11.7. The van der Waals surface area contributed by atoms with Crippen LogP contribution in [0.25, 0.3) is 6.08 Å². The highest BCUT2D eigenvalue weighted by atomic mass is 35.5. The standard InChI is InChI=1S/C13H20N2O2.ClH/c1-3-13(4-2,10-14)15-12(16)8-7-11-6-5-9-17-11;/h5-9H,3-4,10,14H2,1-2H3,(H,15,16);1H. The van der Waals surface area contributed by atoms with Crippen molar-refractivity contribution in [2.45, 2.75) is 32.2 Å². The SMILES string of the molecule is CCC(CC)(CN)NC(=O)C=Cc1ccco1.Cl. The Bertz CT molecular complexity index is 362. The van der Waals surface area contributed by atoms with Gasteiger partial charge in [-0.25, -0.2) is 0 Å². The lowest BCUT2D eigenvalue weighted by Gasteiger charge is -2.30. The van der Waals surface area contributed by atoms with Crippen LogP contribution in [0.3, 0.4) is 0 Å². The van der Waals surface area contributed by atoms with Crippen LogP contribution in [0.1, 0.15) is 32.4 Å². The van der Waals surface area contributed by atoms with Crippen LogP contribution < -0.4 is 11.1 Å². The Morgan fingerprint density at radius 3 is 2.61 bits per heavy atom. The summed E-state index contributed by atoms with van der Waals surface area (Å²) in [6.45, 7) is 4.49. The first kappa shape index (κ1) is 16.7. The summed E-state index contributed by atoms with van der Waals surface area (Å²) in [5, 5.41) is 2.95. The van der Waals surface area contributed by atoms with Crippen molar-refractivity contribution in [1.29, 1.82) is 0 Å². The minimum atomic E-state index is -0.301. The molecule has 0 saturated carbocycles. The molecule has 4 nitrogen and oxygen atoms in total.